The first-order chi connectivity index (χ1) is 14.6. The van der Waals surface area contributed by atoms with Crippen molar-refractivity contribution in [3.05, 3.63) is 39.8 Å². The summed E-state index contributed by atoms with van der Waals surface area (Å²) in [5.74, 6) is 0.177. The van der Waals surface area contributed by atoms with Gasteiger partial charge in [-0.15, -0.1) is 0 Å². The topological polar surface area (TPSA) is 90.2 Å². The molecule has 8 nitrogen and oxygen atoms in total. The lowest BCUT2D eigenvalue weighted by molar-refractivity contribution is -0.134. The van der Waals surface area contributed by atoms with Crippen LogP contribution in [0.4, 0.5) is 4.39 Å². The van der Waals surface area contributed by atoms with Crippen LogP contribution in [0.5, 0.6) is 6.01 Å². The number of hydrogen-bond acceptors (Lipinski definition) is 7. The second-order valence-corrected chi connectivity index (χ2v) is 8.91. The summed E-state index contributed by atoms with van der Waals surface area (Å²) in [6, 6.07) is -0.0478. The van der Waals surface area contributed by atoms with Crippen LogP contribution in [0.25, 0.3) is 0 Å². The molecule has 5 rings (SSSR count). The Labute approximate surface area is 176 Å². The monoisotopic (exact) mass is 431 g/mol. The number of halogens is 1. The summed E-state index contributed by atoms with van der Waals surface area (Å²) in [4.78, 5) is 40.0. The number of thioether (sulfide) groups is 1. The highest BCUT2D eigenvalue weighted by molar-refractivity contribution is 7.99. The molecule has 1 aliphatic carbocycles. The average molecular weight is 431 g/mol. The molecule has 1 amide bonds. The molecule has 2 aromatic heterocycles. The molecule has 0 saturated carbocycles. The summed E-state index contributed by atoms with van der Waals surface area (Å²) in [6.45, 7) is 1.09. The number of amides is 1. The van der Waals surface area contributed by atoms with Gasteiger partial charge < -0.3 is 9.64 Å². The van der Waals surface area contributed by atoms with Gasteiger partial charge in [0.15, 0.2) is 11.0 Å². The number of ether oxygens (including phenoxy) is 1. The summed E-state index contributed by atoms with van der Waals surface area (Å²) in [5, 5.41) is 0.742. The Kier molecular flexibility index (Phi) is 5.18. The molecule has 0 N–H and O–H groups in total. The number of likely N-dealkylation sites (tertiary alicyclic amines) is 1. The molecular formula is C20H22FN5O3S. The number of piperidine rings is 1. The standard InChI is InChI=1S/C20H22FN5O3S/c21-12-8-22-19(23-9-12)29-14-3-2-6-25(10-14)17(27)7-13-11-30-20-24-16-5-1-4-15(16)18(28)26(13)20/h8-9,13-14H,1-7,10-11H2. The Bertz CT molecular complexity index is 1030. The van der Waals surface area contributed by atoms with E-state index in [1.165, 1.54) is 0 Å². The number of fused-ring (bicyclic) bond motifs is 2. The molecule has 0 bridgehead atoms. The van der Waals surface area contributed by atoms with Crippen molar-refractivity contribution < 1.29 is 13.9 Å². The van der Waals surface area contributed by atoms with E-state index in [1.54, 1.807) is 21.2 Å². The number of rotatable bonds is 4. The Morgan fingerprint density at radius 1 is 1.27 bits per heavy atom. The van der Waals surface area contributed by atoms with Crippen molar-refractivity contribution in [3.63, 3.8) is 0 Å². The SMILES string of the molecule is O=C(CC1CSc2nc3c(c(=O)n21)CCC3)N1CCCC(Oc2ncc(F)cn2)C1. The van der Waals surface area contributed by atoms with Crippen molar-refractivity contribution in [2.24, 2.45) is 0 Å². The number of hydrogen-bond donors (Lipinski definition) is 0. The zero-order valence-electron chi connectivity index (χ0n) is 16.4. The molecule has 30 heavy (non-hydrogen) atoms. The lowest BCUT2D eigenvalue weighted by Gasteiger charge is -2.33. The van der Waals surface area contributed by atoms with Gasteiger partial charge in [0.25, 0.3) is 5.56 Å². The van der Waals surface area contributed by atoms with E-state index in [0.29, 0.717) is 18.8 Å². The van der Waals surface area contributed by atoms with Gasteiger partial charge in [-0.1, -0.05) is 11.8 Å². The Balaban J connectivity index is 1.25. The predicted molar refractivity (Wildman–Crippen MR) is 107 cm³/mol. The lowest BCUT2D eigenvalue weighted by atomic mass is 10.1. The van der Waals surface area contributed by atoms with E-state index in [9.17, 15) is 14.0 Å². The van der Waals surface area contributed by atoms with Gasteiger partial charge >= 0.3 is 6.01 Å². The van der Waals surface area contributed by atoms with Gasteiger partial charge in [0, 0.05) is 24.3 Å². The molecule has 10 heteroatoms. The first kappa shape index (κ1) is 19.5. The molecule has 0 spiro atoms. The van der Waals surface area contributed by atoms with Gasteiger partial charge in [-0.25, -0.2) is 19.3 Å². The third kappa shape index (κ3) is 3.68. The van der Waals surface area contributed by atoms with E-state index in [1.807, 2.05) is 0 Å². The zero-order chi connectivity index (χ0) is 20.7. The minimum atomic E-state index is -0.520. The summed E-state index contributed by atoms with van der Waals surface area (Å²) in [6.07, 6.45) is 6.38. The Hall–Kier alpha value is -2.49. The van der Waals surface area contributed by atoms with Gasteiger partial charge in [-0.3, -0.25) is 14.2 Å². The van der Waals surface area contributed by atoms with Crippen LogP contribution in [0.15, 0.2) is 22.3 Å². The number of nitrogens with zero attached hydrogens (tertiary/aromatic N) is 5. The quantitative estimate of drug-likeness (QED) is 0.682. The van der Waals surface area contributed by atoms with E-state index in [-0.39, 0.29) is 36.0 Å². The fourth-order valence-electron chi connectivity index (χ4n) is 4.40. The van der Waals surface area contributed by atoms with Crippen molar-refractivity contribution in [2.75, 3.05) is 18.8 Å². The van der Waals surface area contributed by atoms with Crippen molar-refractivity contribution in [1.29, 1.82) is 0 Å². The fraction of sp³-hybridized carbons (Fsp3) is 0.550. The number of aromatic nitrogens is 4. The molecule has 3 aliphatic rings. The minimum Gasteiger partial charge on any atom is -0.458 e. The van der Waals surface area contributed by atoms with Gasteiger partial charge in [0.05, 0.1) is 30.7 Å². The smallest absolute Gasteiger partial charge is 0.316 e. The van der Waals surface area contributed by atoms with E-state index in [2.05, 4.69) is 15.0 Å². The van der Waals surface area contributed by atoms with E-state index in [4.69, 9.17) is 4.74 Å². The molecule has 2 aliphatic heterocycles. The van der Waals surface area contributed by atoms with E-state index in [0.717, 1.165) is 60.9 Å². The van der Waals surface area contributed by atoms with Crippen molar-refractivity contribution in [3.8, 4) is 6.01 Å². The maximum atomic E-state index is 13.0. The normalized spacial score (nSPS) is 22.6. The molecule has 0 aromatic carbocycles. The lowest BCUT2D eigenvalue weighted by Crippen LogP contribution is -2.45. The fourth-order valence-corrected chi connectivity index (χ4v) is 5.56. The first-order valence-corrected chi connectivity index (χ1v) is 11.3. The van der Waals surface area contributed by atoms with Crippen LogP contribution in [0, 0.1) is 5.82 Å². The number of carbonyl (C=O) groups excluding carboxylic acids is 1. The largest absolute Gasteiger partial charge is 0.458 e. The average Bonchev–Trinajstić information content (AvgIpc) is 3.38. The van der Waals surface area contributed by atoms with Crippen LogP contribution < -0.4 is 10.3 Å². The first-order valence-electron chi connectivity index (χ1n) is 10.3. The number of aryl methyl sites for hydroxylation is 1. The Morgan fingerprint density at radius 3 is 2.93 bits per heavy atom. The number of carbonyl (C=O) groups is 1. The molecule has 1 saturated heterocycles. The predicted octanol–water partition coefficient (Wildman–Crippen LogP) is 1.77. The maximum absolute atomic E-state index is 13.0. The molecule has 2 aromatic rings. The van der Waals surface area contributed by atoms with E-state index >= 15 is 0 Å². The second kappa shape index (κ2) is 7.98. The second-order valence-electron chi connectivity index (χ2n) is 7.92. The zero-order valence-corrected chi connectivity index (χ0v) is 17.2. The molecule has 4 heterocycles. The van der Waals surface area contributed by atoms with Crippen LogP contribution in [-0.4, -0.2) is 55.3 Å². The summed E-state index contributed by atoms with van der Waals surface area (Å²) in [5.41, 5.74) is 1.79. The summed E-state index contributed by atoms with van der Waals surface area (Å²) >= 11 is 1.56. The van der Waals surface area contributed by atoms with Crippen molar-refractivity contribution >= 4 is 17.7 Å². The van der Waals surface area contributed by atoms with Gasteiger partial charge in [-0.2, -0.15) is 0 Å². The Morgan fingerprint density at radius 2 is 2.10 bits per heavy atom. The molecule has 1 fully saturated rings. The van der Waals surface area contributed by atoms with Crippen LogP contribution in [0.1, 0.15) is 43.0 Å². The third-order valence-electron chi connectivity index (χ3n) is 5.88. The van der Waals surface area contributed by atoms with Crippen LogP contribution >= 0.6 is 11.8 Å². The van der Waals surface area contributed by atoms with E-state index < -0.39 is 5.82 Å². The highest BCUT2D eigenvalue weighted by Gasteiger charge is 2.33. The molecular weight excluding hydrogens is 409 g/mol. The maximum Gasteiger partial charge on any atom is 0.316 e. The van der Waals surface area contributed by atoms with Crippen molar-refractivity contribution in [2.45, 2.75) is 55.8 Å². The third-order valence-corrected chi connectivity index (χ3v) is 6.98. The highest BCUT2D eigenvalue weighted by Crippen LogP contribution is 2.34. The molecule has 0 radical (unpaired) electrons. The summed E-state index contributed by atoms with van der Waals surface area (Å²) in [7, 11) is 0. The molecule has 2 atom stereocenters. The molecule has 2 unspecified atom stereocenters. The van der Waals surface area contributed by atoms with Crippen LogP contribution in [-0.2, 0) is 17.6 Å². The van der Waals surface area contributed by atoms with Crippen molar-refractivity contribution in [1.82, 2.24) is 24.4 Å². The van der Waals surface area contributed by atoms with Crippen LogP contribution in [0.3, 0.4) is 0 Å². The van der Waals surface area contributed by atoms with Crippen LogP contribution in [0.2, 0.25) is 0 Å². The van der Waals surface area contributed by atoms with Gasteiger partial charge in [0.1, 0.15) is 6.10 Å². The van der Waals surface area contributed by atoms with Gasteiger partial charge in [0.2, 0.25) is 5.91 Å². The summed E-state index contributed by atoms with van der Waals surface area (Å²) < 4.78 is 20.4. The van der Waals surface area contributed by atoms with Gasteiger partial charge in [-0.05, 0) is 32.1 Å². The minimum absolute atomic E-state index is 0.00849. The highest BCUT2D eigenvalue weighted by atomic mass is 32.2. The molecule has 158 valence electrons.